The molecule has 27 heavy (non-hydrogen) atoms. The molecule has 8 heteroatoms. The number of carbonyl (C=O) groups is 2. The van der Waals surface area contributed by atoms with E-state index in [0.717, 1.165) is 6.07 Å². The van der Waals surface area contributed by atoms with E-state index in [2.05, 4.69) is 5.32 Å². The van der Waals surface area contributed by atoms with Crippen molar-refractivity contribution >= 4 is 11.9 Å². The average molecular weight is 387 g/mol. The largest absolute Gasteiger partial charge is 0.480 e. The van der Waals surface area contributed by atoms with Gasteiger partial charge in [-0.3, -0.25) is 4.79 Å². The summed E-state index contributed by atoms with van der Waals surface area (Å²) >= 11 is 0. The monoisotopic (exact) mass is 387 g/mol. The van der Waals surface area contributed by atoms with Crippen molar-refractivity contribution in [1.82, 2.24) is 5.32 Å². The van der Waals surface area contributed by atoms with Crippen LogP contribution in [0, 0.1) is 5.92 Å². The molecule has 5 nitrogen and oxygen atoms in total. The molecule has 0 aromatic heterocycles. The zero-order valence-electron chi connectivity index (χ0n) is 15.5. The second kappa shape index (κ2) is 7.88. The van der Waals surface area contributed by atoms with Gasteiger partial charge in [0.1, 0.15) is 6.04 Å². The lowest BCUT2D eigenvalue weighted by molar-refractivity contribution is -0.143. The first-order valence-electron chi connectivity index (χ1n) is 8.73. The Morgan fingerprint density at radius 2 is 1.89 bits per heavy atom. The number of rotatable bonds is 7. The zero-order valence-corrected chi connectivity index (χ0v) is 15.5. The molecule has 1 saturated carbocycles. The van der Waals surface area contributed by atoms with Gasteiger partial charge in [0.05, 0.1) is 11.2 Å². The summed E-state index contributed by atoms with van der Waals surface area (Å²) in [5, 5.41) is 11.7. The minimum atomic E-state index is -4.49. The predicted molar refractivity (Wildman–Crippen MR) is 92.2 cm³/mol. The first kappa shape index (κ1) is 21.2. The highest BCUT2D eigenvalue weighted by atomic mass is 19.4. The third-order valence-electron chi connectivity index (χ3n) is 4.35. The molecule has 3 unspecified atom stereocenters. The van der Waals surface area contributed by atoms with E-state index in [9.17, 15) is 27.9 Å². The van der Waals surface area contributed by atoms with E-state index in [-0.39, 0.29) is 25.0 Å². The maximum atomic E-state index is 13.1. The molecular formula is C19H24F3NO4. The molecule has 1 amide bonds. The number of alkyl halides is 3. The number of nitrogens with one attached hydrogen (secondary N) is 1. The van der Waals surface area contributed by atoms with Crippen LogP contribution in [-0.2, 0) is 20.5 Å². The number of carbonyl (C=O) groups excluding carboxylic acids is 1. The van der Waals surface area contributed by atoms with Crippen molar-refractivity contribution in [2.75, 3.05) is 6.61 Å². The molecule has 1 aromatic carbocycles. The van der Waals surface area contributed by atoms with Crippen LogP contribution in [0.4, 0.5) is 13.2 Å². The molecule has 0 aliphatic heterocycles. The first-order valence-corrected chi connectivity index (χ1v) is 8.73. The number of ether oxygens (including phenoxy) is 1. The van der Waals surface area contributed by atoms with Gasteiger partial charge in [0.15, 0.2) is 0 Å². The number of hydrogen-bond donors (Lipinski definition) is 2. The standard InChI is InChI=1S/C19H24F3NO4/c1-18(2,3)27-9-8-15(17(25)26)23-16(24)13-10-12(13)11-6-4-5-7-14(11)19(20,21)22/h4-7,12-13,15H,8-10H2,1-3H3,(H,23,24)(H,25,26). The van der Waals surface area contributed by atoms with Gasteiger partial charge >= 0.3 is 12.1 Å². The summed E-state index contributed by atoms with van der Waals surface area (Å²) < 4.78 is 44.8. The topological polar surface area (TPSA) is 75.6 Å². The first-order chi connectivity index (χ1) is 12.4. The van der Waals surface area contributed by atoms with Crippen molar-refractivity contribution in [1.29, 1.82) is 0 Å². The summed E-state index contributed by atoms with van der Waals surface area (Å²) in [7, 11) is 0. The SMILES string of the molecule is CC(C)(C)OCCC(NC(=O)C1CC1c1ccccc1C(F)(F)F)C(=O)O. The van der Waals surface area contributed by atoms with Crippen LogP contribution in [0.5, 0.6) is 0 Å². The Morgan fingerprint density at radius 1 is 1.26 bits per heavy atom. The minimum Gasteiger partial charge on any atom is -0.480 e. The van der Waals surface area contributed by atoms with Crippen LogP contribution in [0.2, 0.25) is 0 Å². The van der Waals surface area contributed by atoms with Crippen molar-refractivity contribution in [2.45, 2.75) is 57.3 Å². The Hall–Kier alpha value is -2.09. The second-order valence-corrected chi connectivity index (χ2v) is 7.68. The Labute approximate surface area is 155 Å². The second-order valence-electron chi connectivity index (χ2n) is 7.68. The van der Waals surface area contributed by atoms with E-state index < -0.39 is 47.1 Å². The summed E-state index contributed by atoms with van der Waals surface area (Å²) in [6.07, 6.45) is -4.15. The molecule has 2 N–H and O–H groups in total. The Bertz CT molecular complexity index is 697. The normalized spacial score (nSPS) is 20.8. The maximum Gasteiger partial charge on any atom is 0.416 e. The molecule has 0 saturated heterocycles. The van der Waals surface area contributed by atoms with Gasteiger partial charge in [0, 0.05) is 18.9 Å². The van der Waals surface area contributed by atoms with E-state index >= 15 is 0 Å². The van der Waals surface area contributed by atoms with Gasteiger partial charge in [-0.05, 0) is 44.7 Å². The molecule has 1 aromatic rings. The average Bonchev–Trinajstić information content (AvgIpc) is 3.32. The molecule has 0 heterocycles. The maximum absolute atomic E-state index is 13.1. The summed E-state index contributed by atoms with van der Waals surface area (Å²) in [5.41, 5.74) is -1.11. The molecule has 3 atom stereocenters. The van der Waals surface area contributed by atoms with Crippen LogP contribution in [0.15, 0.2) is 24.3 Å². The van der Waals surface area contributed by atoms with Gasteiger partial charge in [-0.15, -0.1) is 0 Å². The summed E-state index contributed by atoms with van der Waals surface area (Å²) in [4.78, 5) is 23.7. The number of aliphatic carboxylic acids is 1. The van der Waals surface area contributed by atoms with Crippen molar-refractivity contribution in [2.24, 2.45) is 5.92 Å². The van der Waals surface area contributed by atoms with Gasteiger partial charge < -0.3 is 15.2 Å². The Kier molecular flexibility index (Phi) is 6.19. The van der Waals surface area contributed by atoms with Crippen LogP contribution in [0.3, 0.4) is 0 Å². The molecule has 2 rings (SSSR count). The van der Waals surface area contributed by atoms with Crippen LogP contribution < -0.4 is 5.32 Å². The van der Waals surface area contributed by atoms with Crippen molar-refractivity contribution in [3.8, 4) is 0 Å². The molecular weight excluding hydrogens is 363 g/mol. The molecule has 150 valence electrons. The fourth-order valence-corrected chi connectivity index (χ4v) is 2.93. The number of benzene rings is 1. The third-order valence-corrected chi connectivity index (χ3v) is 4.35. The van der Waals surface area contributed by atoms with Gasteiger partial charge in [-0.25, -0.2) is 4.79 Å². The van der Waals surface area contributed by atoms with Crippen LogP contribution in [0.1, 0.15) is 50.7 Å². The lowest BCUT2D eigenvalue weighted by atomic mass is 10.0. The summed E-state index contributed by atoms with van der Waals surface area (Å²) in [6.45, 7) is 5.63. The molecule has 0 bridgehead atoms. The smallest absolute Gasteiger partial charge is 0.416 e. The number of hydrogen-bond acceptors (Lipinski definition) is 3. The summed E-state index contributed by atoms with van der Waals surface area (Å²) in [5.74, 6) is -2.95. The van der Waals surface area contributed by atoms with Crippen LogP contribution >= 0.6 is 0 Å². The van der Waals surface area contributed by atoms with E-state index in [1.807, 2.05) is 20.8 Å². The van der Waals surface area contributed by atoms with Gasteiger partial charge in [0.2, 0.25) is 5.91 Å². The highest BCUT2D eigenvalue weighted by molar-refractivity contribution is 5.87. The van der Waals surface area contributed by atoms with Gasteiger partial charge in [-0.1, -0.05) is 18.2 Å². The Morgan fingerprint density at radius 3 is 2.44 bits per heavy atom. The highest BCUT2D eigenvalue weighted by Gasteiger charge is 2.48. The van der Waals surface area contributed by atoms with Gasteiger partial charge in [0.25, 0.3) is 0 Å². The highest BCUT2D eigenvalue weighted by Crippen LogP contribution is 2.51. The van der Waals surface area contributed by atoms with E-state index in [1.54, 1.807) is 0 Å². The van der Waals surface area contributed by atoms with Crippen LogP contribution in [-0.4, -0.2) is 35.2 Å². The third kappa shape index (κ3) is 5.95. The lowest BCUT2D eigenvalue weighted by Crippen LogP contribution is -2.42. The lowest BCUT2D eigenvalue weighted by Gasteiger charge is -2.21. The number of carboxylic acids is 1. The fraction of sp³-hybridized carbons (Fsp3) is 0.579. The van der Waals surface area contributed by atoms with Crippen molar-refractivity contribution < 1.29 is 32.6 Å². The quantitative estimate of drug-likeness (QED) is 0.750. The van der Waals surface area contributed by atoms with E-state index in [4.69, 9.17) is 4.74 Å². The predicted octanol–water partition coefficient (Wildman–Crippen LogP) is 3.58. The molecule has 1 aliphatic rings. The zero-order chi connectivity index (χ0) is 20.4. The molecule has 1 fully saturated rings. The van der Waals surface area contributed by atoms with E-state index in [1.165, 1.54) is 18.2 Å². The molecule has 1 aliphatic carbocycles. The number of carboxylic acid groups (broad SMARTS) is 1. The van der Waals surface area contributed by atoms with E-state index in [0.29, 0.717) is 0 Å². The van der Waals surface area contributed by atoms with Gasteiger partial charge in [-0.2, -0.15) is 13.2 Å². The number of amides is 1. The molecule has 0 spiro atoms. The number of halogens is 3. The minimum absolute atomic E-state index is 0.0769. The fourth-order valence-electron chi connectivity index (χ4n) is 2.93. The summed E-state index contributed by atoms with van der Waals surface area (Å²) in [6, 6.07) is 4.03. The van der Waals surface area contributed by atoms with Crippen LogP contribution in [0.25, 0.3) is 0 Å². The van der Waals surface area contributed by atoms with Crippen molar-refractivity contribution in [3.05, 3.63) is 35.4 Å². The Balaban J connectivity index is 1.98. The van der Waals surface area contributed by atoms with Crippen molar-refractivity contribution in [3.63, 3.8) is 0 Å². The molecule has 0 radical (unpaired) electrons.